The first kappa shape index (κ1) is 16.8. The maximum atomic E-state index is 11.8. The Morgan fingerprint density at radius 1 is 1.24 bits per heavy atom. The Kier molecular flexibility index (Phi) is 5.99. The molecule has 0 aliphatic rings. The van der Waals surface area contributed by atoms with E-state index in [1.807, 2.05) is 20.8 Å². The highest BCUT2D eigenvalue weighted by Crippen LogP contribution is 2.28. The van der Waals surface area contributed by atoms with Crippen molar-refractivity contribution in [2.24, 2.45) is 11.3 Å². The molecular formula is C13H26BrNO2. The van der Waals surface area contributed by atoms with Crippen LogP contribution in [-0.2, 0) is 4.74 Å². The molecule has 1 atom stereocenters. The van der Waals surface area contributed by atoms with Crippen LogP contribution in [0.1, 0.15) is 48.5 Å². The third-order valence-corrected chi connectivity index (χ3v) is 3.97. The highest BCUT2D eigenvalue weighted by atomic mass is 79.9. The Morgan fingerprint density at radius 3 is 2.00 bits per heavy atom. The Morgan fingerprint density at radius 2 is 1.71 bits per heavy atom. The Hall–Kier alpha value is -0.250. The van der Waals surface area contributed by atoms with E-state index in [1.54, 1.807) is 0 Å². The molecule has 0 rings (SSSR count). The van der Waals surface area contributed by atoms with Gasteiger partial charge in [-0.2, -0.15) is 0 Å². The topological polar surface area (TPSA) is 38.3 Å². The van der Waals surface area contributed by atoms with Crippen LogP contribution in [0.15, 0.2) is 0 Å². The summed E-state index contributed by atoms with van der Waals surface area (Å²) >= 11 is 3.50. The van der Waals surface area contributed by atoms with Gasteiger partial charge in [0, 0.05) is 11.4 Å². The molecule has 0 aliphatic heterocycles. The summed E-state index contributed by atoms with van der Waals surface area (Å²) in [5.41, 5.74) is -0.463. The van der Waals surface area contributed by atoms with Gasteiger partial charge in [-0.05, 0) is 32.1 Å². The molecule has 0 bridgehead atoms. The molecule has 1 amide bonds. The molecule has 0 aromatic rings. The van der Waals surface area contributed by atoms with E-state index in [-0.39, 0.29) is 17.6 Å². The quantitative estimate of drug-likeness (QED) is 0.798. The first-order chi connectivity index (χ1) is 7.49. The number of halogens is 1. The lowest BCUT2D eigenvalue weighted by atomic mass is 9.80. The SMILES string of the molecule is CC(C)C(NC(=O)OC(C)(C)C)C(C)(C)CBr. The van der Waals surface area contributed by atoms with E-state index in [9.17, 15) is 4.79 Å². The second-order valence-electron chi connectivity index (χ2n) is 6.49. The first-order valence-electron chi connectivity index (χ1n) is 6.05. The number of carbonyl (C=O) groups is 1. The van der Waals surface area contributed by atoms with Crippen molar-refractivity contribution in [2.45, 2.75) is 60.1 Å². The fraction of sp³-hybridized carbons (Fsp3) is 0.923. The minimum Gasteiger partial charge on any atom is -0.444 e. The number of hydrogen-bond acceptors (Lipinski definition) is 2. The molecule has 17 heavy (non-hydrogen) atoms. The van der Waals surface area contributed by atoms with Gasteiger partial charge < -0.3 is 10.1 Å². The zero-order valence-electron chi connectivity index (χ0n) is 12.1. The van der Waals surface area contributed by atoms with Gasteiger partial charge in [-0.3, -0.25) is 0 Å². The van der Waals surface area contributed by atoms with E-state index in [4.69, 9.17) is 4.74 Å². The van der Waals surface area contributed by atoms with Gasteiger partial charge >= 0.3 is 6.09 Å². The molecular weight excluding hydrogens is 282 g/mol. The molecule has 0 saturated carbocycles. The minimum absolute atomic E-state index is 0.00886. The summed E-state index contributed by atoms with van der Waals surface area (Å²) in [5.74, 6) is 0.357. The van der Waals surface area contributed by atoms with E-state index in [1.165, 1.54) is 0 Å². The van der Waals surface area contributed by atoms with Crippen molar-refractivity contribution in [1.82, 2.24) is 5.32 Å². The molecule has 102 valence electrons. The lowest BCUT2D eigenvalue weighted by molar-refractivity contribution is 0.0438. The third-order valence-electron chi connectivity index (χ3n) is 2.53. The van der Waals surface area contributed by atoms with E-state index < -0.39 is 5.60 Å². The van der Waals surface area contributed by atoms with Gasteiger partial charge in [-0.25, -0.2) is 4.79 Å². The number of alkyl halides is 1. The molecule has 4 heteroatoms. The lowest BCUT2D eigenvalue weighted by Crippen LogP contribution is -2.50. The molecule has 1 N–H and O–H groups in total. The van der Waals surface area contributed by atoms with Gasteiger partial charge in [0.1, 0.15) is 5.60 Å². The van der Waals surface area contributed by atoms with Crippen LogP contribution in [0.4, 0.5) is 4.79 Å². The Bertz CT molecular complexity index is 257. The van der Waals surface area contributed by atoms with Crippen molar-refractivity contribution >= 4 is 22.0 Å². The number of nitrogens with one attached hydrogen (secondary N) is 1. The van der Waals surface area contributed by atoms with Gasteiger partial charge in [0.05, 0.1) is 0 Å². The number of rotatable bonds is 4. The number of alkyl carbamates (subject to hydrolysis) is 1. The summed E-state index contributed by atoms with van der Waals surface area (Å²) in [6, 6.07) is 0.0803. The lowest BCUT2D eigenvalue weighted by Gasteiger charge is -2.36. The van der Waals surface area contributed by atoms with Crippen LogP contribution >= 0.6 is 15.9 Å². The van der Waals surface area contributed by atoms with Crippen molar-refractivity contribution in [3.05, 3.63) is 0 Å². The van der Waals surface area contributed by atoms with Crippen LogP contribution in [0.5, 0.6) is 0 Å². The molecule has 0 radical (unpaired) electrons. The van der Waals surface area contributed by atoms with Crippen LogP contribution in [0, 0.1) is 11.3 Å². The van der Waals surface area contributed by atoms with Gasteiger partial charge in [-0.15, -0.1) is 0 Å². The smallest absolute Gasteiger partial charge is 0.407 e. The molecule has 3 nitrogen and oxygen atoms in total. The van der Waals surface area contributed by atoms with Crippen molar-refractivity contribution in [1.29, 1.82) is 0 Å². The Balaban J connectivity index is 4.63. The van der Waals surface area contributed by atoms with Crippen LogP contribution < -0.4 is 5.32 Å². The number of hydrogen-bond donors (Lipinski definition) is 1. The zero-order valence-corrected chi connectivity index (χ0v) is 13.6. The van der Waals surface area contributed by atoms with Crippen molar-refractivity contribution in [2.75, 3.05) is 5.33 Å². The second kappa shape index (κ2) is 6.07. The van der Waals surface area contributed by atoms with Crippen LogP contribution in [-0.4, -0.2) is 23.1 Å². The van der Waals surface area contributed by atoms with E-state index in [0.29, 0.717) is 5.92 Å². The standard InChI is InChI=1S/C13H26BrNO2/c1-9(2)10(13(6,7)8-14)15-11(16)17-12(3,4)5/h9-10H,8H2,1-7H3,(H,15,16). The van der Waals surface area contributed by atoms with Gasteiger partial charge in [-0.1, -0.05) is 43.6 Å². The summed E-state index contributed by atoms with van der Waals surface area (Å²) in [7, 11) is 0. The van der Waals surface area contributed by atoms with Crippen LogP contribution in [0.25, 0.3) is 0 Å². The summed E-state index contributed by atoms with van der Waals surface area (Å²) in [4.78, 5) is 11.8. The second-order valence-corrected chi connectivity index (χ2v) is 7.05. The van der Waals surface area contributed by atoms with Crippen molar-refractivity contribution < 1.29 is 9.53 Å². The predicted molar refractivity (Wildman–Crippen MR) is 75.6 cm³/mol. The molecule has 1 unspecified atom stereocenters. The third kappa shape index (κ3) is 6.29. The number of ether oxygens (including phenoxy) is 1. The summed E-state index contributed by atoms with van der Waals surface area (Å²) in [5, 5.41) is 3.81. The molecule has 0 spiro atoms. The highest BCUT2D eigenvalue weighted by molar-refractivity contribution is 9.09. The molecule has 0 aromatic heterocycles. The largest absolute Gasteiger partial charge is 0.444 e. The molecule has 0 heterocycles. The fourth-order valence-electron chi connectivity index (χ4n) is 1.78. The van der Waals surface area contributed by atoms with Crippen LogP contribution in [0.2, 0.25) is 0 Å². The average Bonchev–Trinajstić information content (AvgIpc) is 2.10. The number of carbonyl (C=O) groups excluding carboxylic acids is 1. The van der Waals surface area contributed by atoms with E-state index in [0.717, 1.165) is 5.33 Å². The fourth-order valence-corrected chi connectivity index (χ4v) is 2.13. The molecule has 0 fully saturated rings. The maximum Gasteiger partial charge on any atom is 0.407 e. The van der Waals surface area contributed by atoms with Crippen LogP contribution in [0.3, 0.4) is 0 Å². The normalized spacial score (nSPS) is 14.6. The highest BCUT2D eigenvalue weighted by Gasteiger charge is 2.33. The maximum absolute atomic E-state index is 11.8. The average molecular weight is 308 g/mol. The van der Waals surface area contributed by atoms with E-state index >= 15 is 0 Å². The summed E-state index contributed by atoms with van der Waals surface area (Å²) in [6.07, 6.45) is -0.342. The first-order valence-corrected chi connectivity index (χ1v) is 7.17. The van der Waals surface area contributed by atoms with Gasteiger partial charge in [0.15, 0.2) is 0 Å². The van der Waals surface area contributed by atoms with Crippen molar-refractivity contribution in [3.63, 3.8) is 0 Å². The predicted octanol–water partition coefficient (Wildman–Crippen LogP) is 3.96. The Labute approximate surface area is 114 Å². The summed E-state index contributed by atoms with van der Waals surface area (Å²) in [6.45, 7) is 14.1. The van der Waals surface area contributed by atoms with Crippen molar-refractivity contribution in [3.8, 4) is 0 Å². The zero-order chi connectivity index (χ0) is 13.9. The monoisotopic (exact) mass is 307 g/mol. The molecule has 0 saturated heterocycles. The molecule has 0 aromatic carbocycles. The summed E-state index contributed by atoms with van der Waals surface area (Å²) < 4.78 is 5.29. The van der Waals surface area contributed by atoms with Gasteiger partial charge in [0.2, 0.25) is 0 Å². The minimum atomic E-state index is -0.454. The molecule has 0 aliphatic carbocycles. The van der Waals surface area contributed by atoms with Gasteiger partial charge in [0.25, 0.3) is 0 Å². The number of amides is 1. The van der Waals surface area contributed by atoms with E-state index in [2.05, 4.69) is 48.9 Å².